The number of aliphatic hydroxyl groups is 1. The predicted octanol–water partition coefficient (Wildman–Crippen LogP) is 1.70. The minimum absolute atomic E-state index is 0.00820. The van der Waals surface area contributed by atoms with E-state index in [0.717, 1.165) is 23.2 Å². The van der Waals surface area contributed by atoms with E-state index in [0.29, 0.717) is 6.54 Å². The molecule has 0 spiro atoms. The van der Waals surface area contributed by atoms with Gasteiger partial charge in [0, 0.05) is 12.2 Å². The number of rotatable bonds is 2. The maximum absolute atomic E-state index is 11.8. The molecule has 3 nitrogen and oxygen atoms in total. The van der Waals surface area contributed by atoms with E-state index in [4.69, 9.17) is 16.7 Å². The molecule has 1 atom stereocenters. The summed E-state index contributed by atoms with van der Waals surface area (Å²) >= 11 is 5.81. The van der Waals surface area contributed by atoms with Gasteiger partial charge >= 0.3 is 0 Å². The molecule has 0 saturated heterocycles. The number of carbonyl (C=O) groups is 1. The molecule has 0 bridgehead atoms. The molecule has 0 aliphatic carbocycles. The average molecular weight is 240 g/mol. The highest BCUT2D eigenvalue weighted by atomic mass is 35.5. The molecule has 1 heterocycles. The van der Waals surface area contributed by atoms with Gasteiger partial charge in [-0.05, 0) is 30.5 Å². The first-order chi connectivity index (χ1) is 7.63. The number of amides is 1. The maximum atomic E-state index is 11.8. The topological polar surface area (TPSA) is 40.5 Å². The largest absolute Gasteiger partial charge is 0.392 e. The Kier molecular flexibility index (Phi) is 3.17. The standard InChI is InChI=1S/C12H14ClNO2/c1-8(13)12(16)14-5-4-10-3-2-9(7-15)6-11(10)14/h2-3,6,8,15H,4-5,7H2,1H3/t8-/m0/s1. The molecule has 2 rings (SSSR count). The van der Waals surface area contributed by atoms with Crippen molar-refractivity contribution in [2.75, 3.05) is 11.4 Å². The van der Waals surface area contributed by atoms with Gasteiger partial charge in [0.2, 0.25) is 5.91 Å². The lowest BCUT2D eigenvalue weighted by Crippen LogP contribution is -2.34. The SMILES string of the molecule is C[C@H](Cl)C(=O)N1CCc2ccc(CO)cc21. The van der Waals surface area contributed by atoms with Crippen LogP contribution in [-0.4, -0.2) is 22.9 Å². The van der Waals surface area contributed by atoms with Gasteiger partial charge < -0.3 is 10.0 Å². The summed E-state index contributed by atoms with van der Waals surface area (Å²) in [7, 11) is 0. The summed E-state index contributed by atoms with van der Waals surface area (Å²) in [6, 6.07) is 5.71. The van der Waals surface area contributed by atoms with Crippen molar-refractivity contribution in [1.82, 2.24) is 0 Å². The minimum Gasteiger partial charge on any atom is -0.392 e. The van der Waals surface area contributed by atoms with Crippen LogP contribution in [0.15, 0.2) is 18.2 Å². The van der Waals surface area contributed by atoms with E-state index in [1.54, 1.807) is 11.8 Å². The smallest absolute Gasteiger partial charge is 0.244 e. The highest BCUT2D eigenvalue weighted by Gasteiger charge is 2.27. The number of alkyl halides is 1. The number of hydrogen-bond acceptors (Lipinski definition) is 2. The lowest BCUT2D eigenvalue weighted by atomic mass is 10.1. The first-order valence-electron chi connectivity index (χ1n) is 5.31. The fraction of sp³-hybridized carbons (Fsp3) is 0.417. The van der Waals surface area contributed by atoms with E-state index in [9.17, 15) is 4.79 Å². The second-order valence-electron chi connectivity index (χ2n) is 3.98. The third-order valence-corrected chi connectivity index (χ3v) is 3.02. The number of aliphatic hydroxyl groups excluding tert-OH is 1. The zero-order valence-electron chi connectivity index (χ0n) is 9.11. The minimum atomic E-state index is -0.510. The third kappa shape index (κ3) is 1.93. The van der Waals surface area contributed by atoms with Gasteiger partial charge in [0.15, 0.2) is 0 Å². The first-order valence-corrected chi connectivity index (χ1v) is 5.75. The highest BCUT2D eigenvalue weighted by molar-refractivity contribution is 6.32. The maximum Gasteiger partial charge on any atom is 0.244 e. The summed E-state index contributed by atoms with van der Waals surface area (Å²) in [5.41, 5.74) is 2.85. The zero-order valence-corrected chi connectivity index (χ0v) is 9.87. The Balaban J connectivity index is 2.34. The molecule has 1 aliphatic heterocycles. The summed E-state index contributed by atoms with van der Waals surface area (Å²) < 4.78 is 0. The van der Waals surface area contributed by atoms with E-state index in [-0.39, 0.29) is 12.5 Å². The number of anilines is 1. The number of benzene rings is 1. The fourth-order valence-electron chi connectivity index (χ4n) is 1.97. The lowest BCUT2D eigenvalue weighted by molar-refractivity contribution is -0.117. The quantitative estimate of drug-likeness (QED) is 0.798. The second-order valence-corrected chi connectivity index (χ2v) is 4.63. The van der Waals surface area contributed by atoms with E-state index in [1.807, 2.05) is 18.2 Å². The van der Waals surface area contributed by atoms with Crippen molar-refractivity contribution in [3.63, 3.8) is 0 Å². The Morgan fingerprint density at radius 1 is 1.62 bits per heavy atom. The van der Waals surface area contributed by atoms with Crippen LogP contribution in [0.1, 0.15) is 18.1 Å². The van der Waals surface area contributed by atoms with Crippen LogP contribution >= 0.6 is 11.6 Å². The Labute approximate surface area is 99.6 Å². The van der Waals surface area contributed by atoms with Gasteiger partial charge in [-0.2, -0.15) is 0 Å². The van der Waals surface area contributed by atoms with Crippen LogP contribution in [0, 0.1) is 0 Å². The predicted molar refractivity (Wildman–Crippen MR) is 63.7 cm³/mol. The van der Waals surface area contributed by atoms with E-state index in [2.05, 4.69) is 0 Å². The summed E-state index contributed by atoms with van der Waals surface area (Å²) in [6.45, 7) is 2.35. The molecular formula is C12H14ClNO2. The first kappa shape index (κ1) is 11.4. The molecule has 16 heavy (non-hydrogen) atoms. The van der Waals surface area contributed by atoms with Crippen LogP contribution in [0.3, 0.4) is 0 Å². The monoisotopic (exact) mass is 239 g/mol. The Hall–Kier alpha value is -1.06. The summed E-state index contributed by atoms with van der Waals surface area (Å²) in [5.74, 6) is -0.0736. The number of fused-ring (bicyclic) bond motifs is 1. The summed E-state index contributed by atoms with van der Waals surface area (Å²) in [6.07, 6.45) is 0.858. The van der Waals surface area contributed by atoms with E-state index >= 15 is 0 Å². The second kappa shape index (κ2) is 4.44. The molecule has 0 saturated carbocycles. The molecule has 0 aromatic heterocycles. The van der Waals surface area contributed by atoms with Gasteiger partial charge in [-0.3, -0.25) is 4.79 Å². The average Bonchev–Trinajstić information content (AvgIpc) is 2.70. The molecule has 0 radical (unpaired) electrons. The van der Waals surface area contributed by atoms with Crippen molar-refractivity contribution in [1.29, 1.82) is 0 Å². The third-order valence-electron chi connectivity index (χ3n) is 2.83. The van der Waals surface area contributed by atoms with Crippen LogP contribution in [0.5, 0.6) is 0 Å². The number of nitrogens with zero attached hydrogens (tertiary/aromatic N) is 1. The van der Waals surface area contributed by atoms with Crippen molar-refractivity contribution in [3.8, 4) is 0 Å². The van der Waals surface area contributed by atoms with E-state index < -0.39 is 5.38 Å². The van der Waals surface area contributed by atoms with Crippen molar-refractivity contribution >= 4 is 23.2 Å². The number of carbonyl (C=O) groups excluding carboxylic acids is 1. The molecule has 0 fully saturated rings. The van der Waals surface area contributed by atoms with Crippen LogP contribution in [0.25, 0.3) is 0 Å². The molecule has 1 aliphatic rings. The van der Waals surface area contributed by atoms with Crippen molar-refractivity contribution in [2.45, 2.75) is 25.3 Å². The highest BCUT2D eigenvalue weighted by Crippen LogP contribution is 2.30. The molecule has 1 N–H and O–H groups in total. The van der Waals surface area contributed by atoms with Gasteiger partial charge in [-0.1, -0.05) is 12.1 Å². The Morgan fingerprint density at radius 2 is 2.38 bits per heavy atom. The summed E-state index contributed by atoms with van der Waals surface area (Å²) in [4.78, 5) is 13.5. The fourth-order valence-corrected chi connectivity index (χ4v) is 2.08. The molecule has 1 aromatic carbocycles. The van der Waals surface area contributed by atoms with Crippen LogP contribution < -0.4 is 4.90 Å². The van der Waals surface area contributed by atoms with Crippen LogP contribution in [0.2, 0.25) is 0 Å². The van der Waals surface area contributed by atoms with Gasteiger partial charge in [-0.15, -0.1) is 11.6 Å². The lowest BCUT2D eigenvalue weighted by Gasteiger charge is -2.19. The van der Waals surface area contributed by atoms with Crippen molar-refractivity contribution in [3.05, 3.63) is 29.3 Å². The molecule has 86 valence electrons. The number of hydrogen-bond donors (Lipinski definition) is 1. The van der Waals surface area contributed by atoms with Gasteiger partial charge in [-0.25, -0.2) is 0 Å². The van der Waals surface area contributed by atoms with Gasteiger partial charge in [0.25, 0.3) is 0 Å². The van der Waals surface area contributed by atoms with Crippen molar-refractivity contribution < 1.29 is 9.90 Å². The number of halogens is 1. The van der Waals surface area contributed by atoms with Gasteiger partial charge in [0.1, 0.15) is 5.38 Å². The van der Waals surface area contributed by atoms with E-state index in [1.165, 1.54) is 0 Å². The zero-order chi connectivity index (χ0) is 11.7. The van der Waals surface area contributed by atoms with Crippen LogP contribution in [-0.2, 0) is 17.8 Å². The Morgan fingerprint density at radius 3 is 3.00 bits per heavy atom. The summed E-state index contributed by atoms with van der Waals surface area (Å²) in [5, 5.41) is 8.56. The van der Waals surface area contributed by atoms with Gasteiger partial charge in [0.05, 0.1) is 6.61 Å². The normalized spacial score (nSPS) is 16.1. The molecule has 0 unspecified atom stereocenters. The molecule has 1 aromatic rings. The molecular weight excluding hydrogens is 226 g/mol. The molecule has 4 heteroatoms. The molecule has 1 amide bonds. The van der Waals surface area contributed by atoms with Crippen LogP contribution in [0.4, 0.5) is 5.69 Å². The Bertz CT molecular complexity index is 417. The van der Waals surface area contributed by atoms with Crippen molar-refractivity contribution in [2.24, 2.45) is 0 Å².